The van der Waals surface area contributed by atoms with Crippen LogP contribution in [0.3, 0.4) is 0 Å². The van der Waals surface area contributed by atoms with Crippen LogP contribution in [-0.4, -0.2) is 0 Å². The first kappa shape index (κ1) is 13.9. The highest BCUT2D eigenvalue weighted by atomic mass is 127. The molecule has 1 aromatic carbocycles. The summed E-state index contributed by atoms with van der Waals surface area (Å²) in [6.45, 7) is 10.6. The Morgan fingerprint density at radius 3 is 2.06 bits per heavy atom. The summed E-state index contributed by atoms with van der Waals surface area (Å²) < 4.78 is 13.9. The molecule has 0 atom stereocenters. The summed E-state index contributed by atoms with van der Waals surface area (Å²) in [5, 5.41) is 0. The average molecular weight is 334 g/mol. The number of halogens is 2. The van der Waals surface area contributed by atoms with Gasteiger partial charge in [-0.05, 0) is 42.9 Å². The van der Waals surface area contributed by atoms with Crippen LogP contribution in [-0.2, 0) is 9.84 Å². The van der Waals surface area contributed by atoms with Gasteiger partial charge >= 0.3 is 0 Å². The number of benzene rings is 1. The maximum Gasteiger partial charge on any atom is 0.126 e. The van der Waals surface area contributed by atoms with Gasteiger partial charge in [-0.2, -0.15) is 0 Å². The predicted octanol–water partition coefficient (Wildman–Crippen LogP) is 5.08. The third kappa shape index (κ3) is 4.04. The van der Waals surface area contributed by atoms with Gasteiger partial charge in [-0.25, -0.2) is 4.39 Å². The first-order valence-corrected chi connectivity index (χ1v) is 6.65. The van der Waals surface area contributed by atoms with E-state index in [2.05, 4.69) is 57.2 Å². The Bertz CT molecular complexity index is 369. The molecule has 2 heteroatoms. The third-order valence-electron chi connectivity index (χ3n) is 2.46. The van der Waals surface area contributed by atoms with Gasteiger partial charge < -0.3 is 0 Å². The highest BCUT2D eigenvalue weighted by Gasteiger charge is 2.19. The summed E-state index contributed by atoms with van der Waals surface area (Å²) in [5.74, 6) is -0.0721. The van der Waals surface area contributed by atoms with Gasteiger partial charge in [0.15, 0.2) is 0 Å². The van der Waals surface area contributed by atoms with Crippen LogP contribution in [0.1, 0.15) is 45.7 Å². The molecule has 0 nitrogen and oxygen atoms in total. The molecule has 0 unspecified atom stereocenters. The van der Waals surface area contributed by atoms with E-state index in [0.717, 1.165) is 17.5 Å². The molecule has 0 aliphatic rings. The zero-order valence-corrected chi connectivity index (χ0v) is 12.9. The summed E-state index contributed by atoms with van der Waals surface area (Å²) >= 11 is 2.33. The Kier molecular flexibility index (Phi) is 4.04. The zero-order valence-electron chi connectivity index (χ0n) is 10.7. The molecule has 0 bridgehead atoms. The summed E-state index contributed by atoms with van der Waals surface area (Å²) in [7, 11) is 0. The molecule has 0 aliphatic carbocycles. The molecule has 0 heterocycles. The summed E-state index contributed by atoms with van der Waals surface area (Å²) in [6.07, 6.45) is 0.779. The van der Waals surface area contributed by atoms with Gasteiger partial charge in [0, 0.05) is 3.42 Å². The van der Waals surface area contributed by atoms with Crippen LogP contribution in [0, 0.1) is 11.2 Å². The van der Waals surface area contributed by atoms with Crippen LogP contribution in [0.15, 0.2) is 18.2 Å². The molecule has 1 rings (SSSR count). The normalized spacial score (nSPS) is 12.9. The van der Waals surface area contributed by atoms with Gasteiger partial charge in [-0.3, -0.25) is 0 Å². The van der Waals surface area contributed by atoms with Crippen molar-refractivity contribution < 1.29 is 4.39 Å². The fourth-order valence-corrected chi connectivity index (χ4v) is 1.97. The maximum absolute atomic E-state index is 13.9. The van der Waals surface area contributed by atoms with E-state index in [0.29, 0.717) is 0 Å². The molecule has 0 fully saturated rings. The highest BCUT2D eigenvalue weighted by Crippen LogP contribution is 2.32. The first-order valence-electron chi connectivity index (χ1n) is 5.57. The number of hydrogen-bond donors (Lipinski definition) is 0. The molecule has 0 radical (unpaired) electrons. The van der Waals surface area contributed by atoms with E-state index in [4.69, 9.17) is 0 Å². The fraction of sp³-hybridized carbons (Fsp3) is 0.571. The fourth-order valence-electron chi connectivity index (χ4n) is 1.63. The van der Waals surface area contributed by atoms with E-state index in [-0.39, 0.29) is 14.7 Å². The van der Waals surface area contributed by atoms with Gasteiger partial charge in [0.1, 0.15) is 5.82 Å². The van der Waals surface area contributed by atoms with Crippen LogP contribution in [0.5, 0.6) is 0 Å². The molecule has 90 valence electrons. The van der Waals surface area contributed by atoms with E-state index in [1.165, 1.54) is 0 Å². The number of hydrogen-bond acceptors (Lipinski definition) is 0. The van der Waals surface area contributed by atoms with E-state index in [9.17, 15) is 4.39 Å². The largest absolute Gasteiger partial charge is 0.207 e. The molecule has 16 heavy (non-hydrogen) atoms. The Balaban J connectivity index is 3.01. The first-order chi connectivity index (χ1) is 7.09. The van der Waals surface area contributed by atoms with Crippen LogP contribution in [0.25, 0.3) is 0 Å². The van der Waals surface area contributed by atoms with Crippen LogP contribution < -0.4 is 0 Å². The van der Waals surface area contributed by atoms with Crippen LogP contribution in [0.4, 0.5) is 4.39 Å². The summed E-state index contributed by atoms with van der Waals surface area (Å²) in [4.78, 5) is 0. The molecule has 0 amide bonds. The van der Waals surface area contributed by atoms with Crippen molar-refractivity contribution in [3.05, 3.63) is 35.1 Å². The molecule has 0 saturated carbocycles. The topological polar surface area (TPSA) is 0 Å². The summed E-state index contributed by atoms with van der Waals surface area (Å²) in [5.41, 5.74) is 1.99. The SMILES string of the molecule is CC(C)(C)Cc1ccc(C(C)(C)I)cc1F. The van der Waals surface area contributed by atoms with Crippen LogP contribution in [0.2, 0.25) is 0 Å². The zero-order chi connectivity index (χ0) is 12.6. The van der Waals surface area contributed by atoms with Gasteiger partial charge in [0.25, 0.3) is 0 Å². The predicted molar refractivity (Wildman–Crippen MR) is 76.6 cm³/mol. The lowest BCUT2D eigenvalue weighted by molar-refractivity contribution is 0.402. The van der Waals surface area contributed by atoms with Crippen molar-refractivity contribution in [1.29, 1.82) is 0 Å². The molecule has 0 aliphatic heterocycles. The monoisotopic (exact) mass is 334 g/mol. The Hall–Kier alpha value is -0.120. The molecular weight excluding hydrogens is 314 g/mol. The standard InChI is InChI=1S/C14H20FI/c1-13(2,3)9-10-6-7-11(8-12(10)15)14(4,5)16/h6-8H,9H2,1-5H3. The molecule has 0 N–H and O–H groups in total. The van der Waals surface area contributed by atoms with Crippen molar-refractivity contribution in [3.63, 3.8) is 0 Å². The molecule has 1 aromatic rings. The smallest absolute Gasteiger partial charge is 0.126 e. The third-order valence-corrected chi connectivity index (χ3v) is 3.08. The minimum atomic E-state index is -0.0721. The molecule has 0 spiro atoms. The van der Waals surface area contributed by atoms with E-state index in [1.54, 1.807) is 6.07 Å². The van der Waals surface area contributed by atoms with Crippen molar-refractivity contribution in [1.82, 2.24) is 0 Å². The van der Waals surface area contributed by atoms with E-state index in [1.807, 2.05) is 12.1 Å². The van der Waals surface area contributed by atoms with Gasteiger partial charge in [-0.15, -0.1) is 0 Å². The molecular formula is C14H20FI. The minimum absolute atomic E-state index is 0.0150. The van der Waals surface area contributed by atoms with E-state index < -0.39 is 0 Å². The average Bonchev–Trinajstić information content (AvgIpc) is 2.04. The quantitative estimate of drug-likeness (QED) is 0.522. The minimum Gasteiger partial charge on any atom is -0.207 e. The van der Waals surface area contributed by atoms with E-state index >= 15 is 0 Å². The lowest BCUT2D eigenvalue weighted by atomic mass is 9.87. The second-order valence-electron chi connectivity index (χ2n) is 6.02. The van der Waals surface area contributed by atoms with Gasteiger partial charge in [-0.1, -0.05) is 55.5 Å². The number of rotatable bonds is 2. The number of alkyl halides is 1. The summed E-state index contributed by atoms with van der Waals surface area (Å²) in [6, 6.07) is 5.64. The van der Waals surface area contributed by atoms with Crippen molar-refractivity contribution in [2.24, 2.45) is 5.41 Å². The Labute approximate surface area is 112 Å². The van der Waals surface area contributed by atoms with Gasteiger partial charge in [0.05, 0.1) is 0 Å². The maximum atomic E-state index is 13.9. The second-order valence-corrected chi connectivity index (χ2v) is 8.71. The lowest BCUT2D eigenvalue weighted by Crippen LogP contribution is -2.12. The van der Waals surface area contributed by atoms with Crippen molar-refractivity contribution >= 4 is 22.6 Å². The Morgan fingerprint density at radius 1 is 1.12 bits per heavy atom. The van der Waals surface area contributed by atoms with Gasteiger partial charge in [0.2, 0.25) is 0 Å². The molecule has 0 aromatic heterocycles. The van der Waals surface area contributed by atoms with Crippen molar-refractivity contribution in [3.8, 4) is 0 Å². The highest BCUT2D eigenvalue weighted by molar-refractivity contribution is 14.1. The van der Waals surface area contributed by atoms with Crippen molar-refractivity contribution in [2.45, 2.75) is 44.5 Å². The lowest BCUT2D eigenvalue weighted by Gasteiger charge is -2.21. The molecule has 0 saturated heterocycles. The Morgan fingerprint density at radius 2 is 1.69 bits per heavy atom. The second kappa shape index (κ2) is 4.63. The van der Waals surface area contributed by atoms with Crippen LogP contribution >= 0.6 is 22.6 Å². The van der Waals surface area contributed by atoms with Crippen molar-refractivity contribution in [2.75, 3.05) is 0 Å².